The van der Waals surface area contributed by atoms with Gasteiger partial charge in [-0.25, -0.2) is 0 Å². The van der Waals surface area contributed by atoms with E-state index in [2.05, 4.69) is 43.6 Å². The third kappa shape index (κ3) is 2.55. The van der Waals surface area contributed by atoms with E-state index in [9.17, 15) is 0 Å². The number of rotatable bonds is 3. The molecule has 0 bridgehead atoms. The van der Waals surface area contributed by atoms with Gasteiger partial charge in [0.2, 0.25) is 0 Å². The highest BCUT2D eigenvalue weighted by atomic mass is 16.3. The predicted octanol–water partition coefficient (Wildman–Crippen LogP) is 4.52. The van der Waals surface area contributed by atoms with E-state index in [1.165, 1.54) is 31.1 Å². The normalized spacial score (nSPS) is 25.6. The van der Waals surface area contributed by atoms with Crippen LogP contribution in [0.25, 0.3) is 11.0 Å². The first-order valence-electron chi connectivity index (χ1n) is 7.43. The largest absolute Gasteiger partial charge is 0.459 e. The number of benzene rings is 1. The highest BCUT2D eigenvalue weighted by molar-refractivity contribution is 5.77. The van der Waals surface area contributed by atoms with Crippen molar-refractivity contribution in [2.75, 3.05) is 7.05 Å². The van der Waals surface area contributed by atoms with Crippen LogP contribution in [0.1, 0.15) is 44.4 Å². The van der Waals surface area contributed by atoms with Crippen LogP contribution >= 0.6 is 0 Å². The minimum absolute atomic E-state index is 0.361. The molecule has 2 heteroatoms. The molecule has 1 saturated carbocycles. The van der Waals surface area contributed by atoms with Gasteiger partial charge in [-0.05, 0) is 43.9 Å². The second-order valence-electron chi connectivity index (χ2n) is 5.97. The highest BCUT2D eigenvalue weighted by Crippen LogP contribution is 2.38. The summed E-state index contributed by atoms with van der Waals surface area (Å²) < 4.78 is 6.04. The minimum Gasteiger partial charge on any atom is -0.459 e. The van der Waals surface area contributed by atoms with Crippen LogP contribution in [0.5, 0.6) is 0 Å². The van der Waals surface area contributed by atoms with Gasteiger partial charge in [0.05, 0.1) is 6.04 Å². The summed E-state index contributed by atoms with van der Waals surface area (Å²) in [7, 11) is 2.05. The maximum absolute atomic E-state index is 6.04. The Labute approximate surface area is 115 Å². The van der Waals surface area contributed by atoms with Crippen LogP contribution in [0.4, 0.5) is 0 Å². The number of nitrogens with one attached hydrogen (secondary N) is 1. The fraction of sp³-hybridized carbons (Fsp3) is 0.529. The molecule has 0 radical (unpaired) electrons. The first-order valence-corrected chi connectivity index (χ1v) is 7.43. The van der Waals surface area contributed by atoms with Crippen LogP contribution in [0.3, 0.4) is 0 Å². The van der Waals surface area contributed by atoms with E-state index in [1.807, 2.05) is 6.07 Å². The van der Waals surface area contributed by atoms with Crippen LogP contribution in [0.15, 0.2) is 34.7 Å². The second-order valence-corrected chi connectivity index (χ2v) is 5.97. The quantitative estimate of drug-likeness (QED) is 0.874. The van der Waals surface area contributed by atoms with Crippen molar-refractivity contribution in [1.82, 2.24) is 5.32 Å². The highest BCUT2D eigenvalue weighted by Gasteiger charge is 2.28. The van der Waals surface area contributed by atoms with Crippen molar-refractivity contribution in [1.29, 1.82) is 0 Å². The fourth-order valence-corrected chi connectivity index (χ4v) is 3.39. The topological polar surface area (TPSA) is 25.2 Å². The second kappa shape index (κ2) is 5.38. The molecule has 3 rings (SSSR count). The molecule has 2 aromatic rings. The van der Waals surface area contributed by atoms with E-state index in [-0.39, 0.29) is 0 Å². The number of hydrogen-bond donors (Lipinski definition) is 1. The Kier molecular flexibility index (Phi) is 3.61. The van der Waals surface area contributed by atoms with E-state index in [0.717, 1.165) is 17.3 Å². The van der Waals surface area contributed by atoms with Gasteiger partial charge in [-0.2, -0.15) is 0 Å². The van der Waals surface area contributed by atoms with Gasteiger partial charge in [-0.1, -0.05) is 38.0 Å². The predicted molar refractivity (Wildman–Crippen MR) is 79.1 cm³/mol. The molecule has 1 aliphatic carbocycles. The summed E-state index contributed by atoms with van der Waals surface area (Å²) in [6, 6.07) is 10.8. The van der Waals surface area contributed by atoms with Gasteiger partial charge in [0.15, 0.2) is 0 Å². The first kappa shape index (κ1) is 12.7. The molecule has 1 heterocycles. The molecule has 2 nitrogen and oxygen atoms in total. The Morgan fingerprint density at radius 1 is 1.16 bits per heavy atom. The molecular formula is C17H23NO. The lowest BCUT2D eigenvalue weighted by Crippen LogP contribution is -2.28. The maximum Gasteiger partial charge on any atom is 0.134 e. The van der Waals surface area contributed by atoms with Crippen LogP contribution in [0, 0.1) is 11.8 Å². The van der Waals surface area contributed by atoms with Crippen LogP contribution < -0.4 is 5.32 Å². The van der Waals surface area contributed by atoms with Gasteiger partial charge in [0.1, 0.15) is 11.3 Å². The van der Waals surface area contributed by atoms with E-state index in [4.69, 9.17) is 4.42 Å². The number of fused-ring (bicyclic) bond motifs is 1. The summed E-state index contributed by atoms with van der Waals surface area (Å²) in [5, 5.41) is 4.68. The van der Waals surface area contributed by atoms with Crippen molar-refractivity contribution >= 4 is 11.0 Å². The Hall–Kier alpha value is -1.28. The molecule has 102 valence electrons. The molecule has 0 aliphatic heterocycles. The Bertz CT molecular complexity index is 504. The molecule has 1 atom stereocenters. The van der Waals surface area contributed by atoms with Crippen molar-refractivity contribution < 1.29 is 4.42 Å². The molecule has 1 aromatic heterocycles. The minimum atomic E-state index is 0.361. The van der Waals surface area contributed by atoms with Crippen LogP contribution in [-0.4, -0.2) is 7.05 Å². The molecule has 1 fully saturated rings. The van der Waals surface area contributed by atoms with Gasteiger partial charge in [-0.15, -0.1) is 0 Å². The lowest BCUT2D eigenvalue weighted by molar-refractivity contribution is 0.221. The van der Waals surface area contributed by atoms with Crippen LogP contribution in [0.2, 0.25) is 0 Å². The van der Waals surface area contributed by atoms with E-state index >= 15 is 0 Å². The SMILES string of the molecule is CNC(c1cc2ccccc2o1)C1CCC(C)CC1. The standard InChI is InChI=1S/C17H23NO/c1-12-7-9-13(10-8-12)17(18-2)16-11-14-5-3-4-6-15(14)19-16/h3-6,11-13,17-18H,7-10H2,1-2H3. The van der Waals surface area contributed by atoms with E-state index in [0.29, 0.717) is 12.0 Å². The average molecular weight is 257 g/mol. The summed E-state index contributed by atoms with van der Waals surface area (Å²) in [5.74, 6) is 2.70. The number of para-hydroxylation sites is 1. The van der Waals surface area contributed by atoms with Crippen molar-refractivity contribution in [3.63, 3.8) is 0 Å². The van der Waals surface area contributed by atoms with Gasteiger partial charge in [0.25, 0.3) is 0 Å². The lowest BCUT2D eigenvalue weighted by atomic mass is 9.78. The Morgan fingerprint density at radius 2 is 1.89 bits per heavy atom. The summed E-state index contributed by atoms with van der Waals surface area (Å²) in [4.78, 5) is 0. The molecule has 1 unspecified atom stereocenters. The van der Waals surface area contributed by atoms with Crippen LogP contribution in [-0.2, 0) is 0 Å². The molecule has 19 heavy (non-hydrogen) atoms. The molecule has 0 saturated heterocycles. The van der Waals surface area contributed by atoms with E-state index in [1.54, 1.807) is 0 Å². The summed E-state index contributed by atoms with van der Waals surface area (Å²) in [6.45, 7) is 2.37. The molecular weight excluding hydrogens is 234 g/mol. The molecule has 1 aromatic carbocycles. The third-order valence-electron chi connectivity index (χ3n) is 4.59. The summed E-state index contributed by atoms with van der Waals surface area (Å²) in [5.41, 5.74) is 1.00. The zero-order valence-corrected chi connectivity index (χ0v) is 11.9. The third-order valence-corrected chi connectivity index (χ3v) is 4.59. The van der Waals surface area contributed by atoms with Crippen molar-refractivity contribution in [2.45, 2.75) is 38.6 Å². The molecule has 1 aliphatic rings. The van der Waals surface area contributed by atoms with E-state index < -0.39 is 0 Å². The lowest BCUT2D eigenvalue weighted by Gasteiger charge is -2.31. The molecule has 0 spiro atoms. The van der Waals surface area contributed by atoms with Gasteiger partial charge >= 0.3 is 0 Å². The number of furan rings is 1. The monoisotopic (exact) mass is 257 g/mol. The summed E-state index contributed by atoms with van der Waals surface area (Å²) >= 11 is 0. The Morgan fingerprint density at radius 3 is 2.58 bits per heavy atom. The van der Waals surface area contributed by atoms with Crippen molar-refractivity contribution in [3.8, 4) is 0 Å². The number of hydrogen-bond acceptors (Lipinski definition) is 2. The Balaban J connectivity index is 1.85. The molecule has 1 N–H and O–H groups in total. The maximum atomic E-state index is 6.04. The summed E-state index contributed by atoms with van der Waals surface area (Å²) in [6.07, 6.45) is 5.32. The van der Waals surface area contributed by atoms with Gasteiger partial charge < -0.3 is 9.73 Å². The van der Waals surface area contributed by atoms with Crippen molar-refractivity contribution in [3.05, 3.63) is 36.1 Å². The molecule has 0 amide bonds. The zero-order valence-electron chi connectivity index (χ0n) is 11.9. The fourth-order valence-electron chi connectivity index (χ4n) is 3.39. The van der Waals surface area contributed by atoms with Gasteiger partial charge in [-0.3, -0.25) is 0 Å². The van der Waals surface area contributed by atoms with Gasteiger partial charge in [0, 0.05) is 5.39 Å². The zero-order chi connectivity index (χ0) is 13.2. The smallest absolute Gasteiger partial charge is 0.134 e. The first-order chi connectivity index (χ1) is 9.28. The van der Waals surface area contributed by atoms with Crippen molar-refractivity contribution in [2.24, 2.45) is 11.8 Å². The average Bonchev–Trinajstić information content (AvgIpc) is 2.85.